The molecule has 0 saturated carbocycles. The molecule has 0 amide bonds. The summed E-state index contributed by atoms with van der Waals surface area (Å²) in [5, 5.41) is 21.2. The van der Waals surface area contributed by atoms with Gasteiger partial charge in [0, 0.05) is 18.2 Å². The summed E-state index contributed by atoms with van der Waals surface area (Å²) in [4.78, 5) is 19.7. The number of nitro groups is 2. The van der Waals surface area contributed by atoms with E-state index in [1.54, 1.807) is 0 Å². The number of nitrogens with zero attached hydrogens (tertiary/aromatic N) is 2. The molecule has 1 N–H and O–H groups in total. The van der Waals surface area contributed by atoms with Crippen molar-refractivity contribution in [2.24, 2.45) is 0 Å². The van der Waals surface area contributed by atoms with Gasteiger partial charge in [-0.2, -0.15) is 0 Å². The Bertz CT molecular complexity index is 882. The van der Waals surface area contributed by atoms with Gasteiger partial charge in [0.05, 0.1) is 20.4 Å². The van der Waals surface area contributed by atoms with Gasteiger partial charge in [-0.25, -0.2) is 8.42 Å². The number of anilines is 1. The SMILES string of the molecule is O=[N+]([O-])c1ccc(S(=O)(=O)Nc2ccc(Cl)c([N+](=O)[O-])c2)cc1. The minimum Gasteiger partial charge on any atom is -0.279 e. The normalized spacial score (nSPS) is 11.0. The second-order valence-electron chi connectivity index (χ2n) is 4.28. The second kappa shape index (κ2) is 6.18. The molecule has 0 heterocycles. The fraction of sp³-hybridized carbons (Fsp3) is 0. The van der Waals surface area contributed by atoms with E-state index in [-0.39, 0.29) is 21.3 Å². The molecule has 0 fully saturated rings. The summed E-state index contributed by atoms with van der Waals surface area (Å²) in [5.74, 6) is 0. The highest BCUT2D eigenvalue weighted by atomic mass is 35.5. The van der Waals surface area contributed by atoms with Crippen molar-refractivity contribution in [3.05, 3.63) is 67.7 Å². The first-order chi connectivity index (χ1) is 10.7. The average Bonchev–Trinajstić information content (AvgIpc) is 2.48. The lowest BCUT2D eigenvalue weighted by molar-refractivity contribution is -0.385. The van der Waals surface area contributed by atoms with Crippen LogP contribution in [0.2, 0.25) is 5.02 Å². The van der Waals surface area contributed by atoms with Crippen molar-refractivity contribution in [2.75, 3.05) is 4.72 Å². The maximum absolute atomic E-state index is 12.2. The molecule has 0 bridgehead atoms. The molecule has 0 aliphatic rings. The van der Waals surface area contributed by atoms with Crippen LogP contribution in [0.5, 0.6) is 0 Å². The van der Waals surface area contributed by atoms with Crippen LogP contribution in [-0.2, 0) is 10.0 Å². The molecule has 0 radical (unpaired) electrons. The summed E-state index contributed by atoms with van der Waals surface area (Å²) < 4.78 is 26.5. The fourth-order valence-corrected chi connectivity index (χ4v) is 2.91. The van der Waals surface area contributed by atoms with Gasteiger partial charge in [-0.1, -0.05) is 11.6 Å². The average molecular weight is 358 g/mol. The van der Waals surface area contributed by atoms with Crippen LogP contribution in [0.1, 0.15) is 0 Å². The summed E-state index contributed by atoms with van der Waals surface area (Å²) in [6.07, 6.45) is 0. The summed E-state index contributed by atoms with van der Waals surface area (Å²) in [6, 6.07) is 7.63. The van der Waals surface area contributed by atoms with Crippen molar-refractivity contribution in [3.63, 3.8) is 0 Å². The Balaban J connectivity index is 2.33. The minimum atomic E-state index is -4.05. The van der Waals surface area contributed by atoms with E-state index in [9.17, 15) is 28.6 Å². The molecule has 0 aromatic heterocycles. The first-order valence-corrected chi connectivity index (χ1v) is 7.78. The fourth-order valence-electron chi connectivity index (χ4n) is 1.68. The van der Waals surface area contributed by atoms with Crippen molar-refractivity contribution in [2.45, 2.75) is 4.90 Å². The molecule has 0 unspecified atom stereocenters. The molecule has 0 saturated heterocycles. The van der Waals surface area contributed by atoms with Crippen molar-refractivity contribution in [1.82, 2.24) is 0 Å². The van der Waals surface area contributed by atoms with Crippen LogP contribution in [0, 0.1) is 20.2 Å². The molecular weight excluding hydrogens is 350 g/mol. The maximum Gasteiger partial charge on any atom is 0.289 e. The topological polar surface area (TPSA) is 132 Å². The lowest BCUT2D eigenvalue weighted by atomic mass is 10.3. The van der Waals surface area contributed by atoms with Gasteiger partial charge in [0.25, 0.3) is 21.4 Å². The summed E-state index contributed by atoms with van der Waals surface area (Å²) in [5.41, 5.74) is -0.763. The molecule has 0 aliphatic carbocycles. The van der Waals surface area contributed by atoms with Crippen LogP contribution < -0.4 is 4.72 Å². The Labute approximate surface area is 134 Å². The smallest absolute Gasteiger partial charge is 0.279 e. The van der Waals surface area contributed by atoms with E-state index in [1.807, 2.05) is 0 Å². The quantitative estimate of drug-likeness (QED) is 0.646. The molecule has 2 aromatic rings. The zero-order valence-electron chi connectivity index (χ0n) is 11.2. The van der Waals surface area contributed by atoms with Crippen molar-refractivity contribution in [3.8, 4) is 0 Å². The monoisotopic (exact) mass is 357 g/mol. The maximum atomic E-state index is 12.2. The molecule has 0 aliphatic heterocycles. The van der Waals surface area contributed by atoms with Crippen LogP contribution in [0.25, 0.3) is 0 Å². The zero-order valence-corrected chi connectivity index (χ0v) is 12.7. The molecule has 2 rings (SSSR count). The number of benzene rings is 2. The van der Waals surface area contributed by atoms with Gasteiger partial charge in [0.2, 0.25) is 0 Å². The zero-order chi connectivity index (χ0) is 17.2. The number of rotatable bonds is 5. The van der Waals surface area contributed by atoms with Crippen LogP contribution in [0.15, 0.2) is 47.4 Å². The number of hydrogen-bond donors (Lipinski definition) is 1. The van der Waals surface area contributed by atoms with Gasteiger partial charge >= 0.3 is 0 Å². The summed E-state index contributed by atoms with van der Waals surface area (Å²) in [6.45, 7) is 0. The van der Waals surface area contributed by atoms with Crippen LogP contribution in [0.4, 0.5) is 17.1 Å². The van der Waals surface area contributed by atoms with Crippen molar-refractivity contribution >= 4 is 38.7 Å². The molecule has 0 spiro atoms. The van der Waals surface area contributed by atoms with Crippen LogP contribution >= 0.6 is 11.6 Å². The summed E-state index contributed by atoms with van der Waals surface area (Å²) >= 11 is 5.64. The molecule has 120 valence electrons. The van der Waals surface area contributed by atoms with E-state index in [1.165, 1.54) is 12.1 Å². The van der Waals surface area contributed by atoms with Gasteiger partial charge in [0.15, 0.2) is 0 Å². The molecule has 11 heteroatoms. The van der Waals surface area contributed by atoms with E-state index < -0.39 is 25.6 Å². The van der Waals surface area contributed by atoms with Gasteiger partial charge in [0.1, 0.15) is 5.02 Å². The van der Waals surface area contributed by atoms with Gasteiger partial charge < -0.3 is 0 Å². The highest BCUT2D eigenvalue weighted by Crippen LogP contribution is 2.28. The van der Waals surface area contributed by atoms with E-state index >= 15 is 0 Å². The molecule has 9 nitrogen and oxygen atoms in total. The van der Waals surface area contributed by atoms with Crippen LogP contribution in [-0.4, -0.2) is 18.3 Å². The number of sulfonamides is 1. The van der Waals surface area contributed by atoms with Crippen LogP contribution in [0.3, 0.4) is 0 Å². The predicted molar refractivity (Wildman–Crippen MR) is 82.0 cm³/mol. The lowest BCUT2D eigenvalue weighted by Gasteiger charge is -2.08. The largest absolute Gasteiger partial charge is 0.289 e. The molecule has 23 heavy (non-hydrogen) atoms. The third kappa shape index (κ3) is 3.73. The first kappa shape index (κ1) is 16.6. The molecule has 0 atom stereocenters. The Hall–Kier alpha value is -2.72. The Morgan fingerprint density at radius 1 is 0.957 bits per heavy atom. The molecular formula is C12H8ClN3O6S. The van der Waals surface area contributed by atoms with Gasteiger partial charge in [-0.15, -0.1) is 0 Å². The van der Waals surface area contributed by atoms with E-state index in [0.29, 0.717) is 0 Å². The summed E-state index contributed by atoms with van der Waals surface area (Å²) in [7, 11) is -4.05. The first-order valence-electron chi connectivity index (χ1n) is 5.92. The third-order valence-electron chi connectivity index (χ3n) is 2.75. The molecule has 2 aromatic carbocycles. The number of hydrogen-bond acceptors (Lipinski definition) is 6. The standard InChI is InChI=1S/C12H8ClN3O6S/c13-11-6-1-8(7-12(11)16(19)20)14-23(21,22)10-4-2-9(3-5-10)15(17)18/h1-7,14H. The lowest BCUT2D eigenvalue weighted by Crippen LogP contribution is -2.13. The Morgan fingerprint density at radius 2 is 1.57 bits per heavy atom. The Kier molecular flexibility index (Phi) is 4.48. The van der Waals surface area contributed by atoms with Crippen molar-refractivity contribution < 1.29 is 18.3 Å². The number of halogens is 1. The van der Waals surface area contributed by atoms with Crippen molar-refractivity contribution in [1.29, 1.82) is 0 Å². The highest BCUT2D eigenvalue weighted by molar-refractivity contribution is 7.92. The number of nitro benzene ring substituents is 2. The predicted octanol–water partition coefficient (Wildman–Crippen LogP) is 2.96. The second-order valence-corrected chi connectivity index (χ2v) is 6.37. The van der Waals surface area contributed by atoms with E-state index in [0.717, 1.165) is 30.3 Å². The highest BCUT2D eigenvalue weighted by Gasteiger charge is 2.19. The van der Waals surface area contributed by atoms with E-state index in [2.05, 4.69) is 4.72 Å². The minimum absolute atomic E-state index is 0.0561. The number of non-ortho nitro benzene ring substituents is 1. The van der Waals surface area contributed by atoms with Gasteiger partial charge in [-0.3, -0.25) is 25.0 Å². The van der Waals surface area contributed by atoms with E-state index in [4.69, 9.17) is 11.6 Å². The third-order valence-corrected chi connectivity index (χ3v) is 4.47. The van der Waals surface area contributed by atoms with Gasteiger partial charge in [-0.05, 0) is 24.3 Å². The number of nitrogens with one attached hydrogen (secondary N) is 1. The Morgan fingerprint density at radius 3 is 2.09 bits per heavy atom.